The van der Waals surface area contributed by atoms with E-state index in [0.717, 1.165) is 25.8 Å². The van der Waals surface area contributed by atoms with Gasteiger partial charge in [0.1, 0.15) is 0 Å². The monoisotopic (exact) mass is 214 g/mol. The lowest BCUT2D eigenvalue weighted by Crippen LogP contribution is -2.41. The average Bonchev–Trinajstić information content (AvgIpc) is 2.10. The number of hydrogen-bond acceptors (Lipinski definition) is 2. The summed E-state index contributed by atoms with van der Waals surface area (Å²) in [6.07, 6.45) is 2.95. The summed E-state index contributed by atoms with van der Waals surface area (Å²) in [6, 6.07) is -0.343. The molecule has 0 saturated heterocycles. The van der Waals surface area contributed by atoms with Gasteiger partial charge in [0.05, 0.1) is 6.04 Å². The van der Waals surface area contributed by atoms with E-state index in [1.54, 1.807) is 0 Å². The van der Waals surface area contributed by atoms with Crippen molar-refractivity contribution in [1.82, 2.24) is 5.32 Å². The number of amides is 1. The van der Waals surface area contributed by atoms with Crippen molar-refractivity contribution in [2.75, 3.05) is 6.54 Å². The minimum absolute atomic E-state index is 0.00699. The highest BCUT2D eigenvalue weighted by atomic mass is 16.2. The molecule has 0 aromatic heterocycles. The first kappa shape index (κ1) is 14.4. The highest BCUT2D eigenvalue weighted by Gasteiger charge is 2.13. The zero-order valence-electron chi connectivity index (χ0n) is 10.5. The predicted octanol–water partition coefficient (Wildman–Crippen LogP) is 1.91. The Bertz CT molecular complexity index is 178. The standard InChI is InChI=1S/C12H26N2O/c1-9(2)6-5-7-14-12(15)11(13)8-10(3)4/h9-11H,5-8,13H2,1-4H3,(H,14,15). The summed E-state index contributed by atoms with van der Waals surface area (Å²) in [7, 11) is 0. The van der Waals surface area contributed by atoms with Crippen LogP contribution in [0.4, 0.5) is 0 Å². The van der Waals surface area contributed by atoms with Gasteiger partial charge in [-0.3, -0.25) is 4.79 Å². The third-order valence-corrected chi connectivity index (χ3v) is 2.32. The summed E-state index contributed by atoms with van der Waals surface area (Å²) in [5.41, 5.74) is 5.75. The van der Waals surface area contributed by atoms with Crippen LogP contribution >= 0.6 is 0 Å². The van der Waals surface area contributed by atoms with Crippen molar-refractivity contribution in [3.63, 3.8) is 0 Å². The fraction of sp³-hybridized carbons (Fsp3) is 0.917. The molecule has 0 aliphatic heterocycles. The quantitative estimate of drug-likeness (QED) is 0.636. The molecule has 90 valence electrons. The van der Waals surface area contributed by atoms with Gasteiger partial charge >= 0.3 is 0 Å². The number of nitrogens with two attached hydrogens (primary N) is 1. The molecule has 1 atom stereocenters. The first-order valence-corrected chi connectivity index (χ1v) is 5.96. The Morgan fingerprint density at radius 2 is 1.80 bits per heavy atom. The maximum absolute atomic E-state index is 11.5. The van der Waals surface area contributed by atoms with Crippen LogP contribution in [0.1, 0.15) is 47.0 Å². The van der Waals surface area contributed by atoms with Gasteiger partial charge in [-0.2, -0.15) is 0 Å². The maximum Gasteiger partial charge on any atom is 0.236 e. The molecule has 0 saturated carbocycles. The second-order valence-electron chi connectivity index (χ2n) is 5.06. The molecule has 1 unspecified atom stereocenters. The van der Waals surface area contributed by atoms with Crippen molar-refractivity contribution >= 4 is 5.91 Å². The maximum atomic E-state index is 11.5. The van der Waals surface area contributed by atoms with Crippen molar-refractivity contribution in [2.24, 2.45) is 17.6 Å². The molecule has 3 heteroatoms. The lowest BCUT2D eigenvalue weighted by molar-refractivity contribution is -0.122. The molecule has 3 N–H and O–H groups in total. The SMILES string of the molecule is CC(C)CCCNC(=O)C(N)CC(C)C. The van der Waals surface area contributed by atoms with E-state index >= 15 is 0 Å². The molecule has 0 rings (SSSR count). The van der Waals surface area contributed by atoms with Crippen molar-refractivity contribution in [1.29, 1.82) is 0 Å². The minimum atomic E-state index is -0.343. The molecule has 1 amide bonds. The molecule has 0 aliphatic rings. The van der Waals surface area contributed by atoms with E-state index in [0.29, 0.717) is 11.8 Å². The van der Waals surface area contributed by atoms with E-state index in [1.807, 2.05) is 0 Å². The summed E-state index contributed by atoms with van der Waals surface area (Å²) < 4.78 is 0. The number of nitrogens with one attached hydrogen (secondary N) is 1. The van der Waals surface area contributed by atoms with Gasteiger partial charge in [-0.15, -0.1) is 0 Å². The van der Waals surface area contributed by atoms with Crippen LogP contribution in [0.3, 0.4) is 0 Å². The van der Waals surface area contributed by atoms with E-state index in [2.05, 4.69) is 33.0 Å². The fourth-order valence-corrected chi connectivity index (χ4v) is 1.47. The van der Waals surface area contributed by atoms with Gasteiger partial charge in [-0.05, 0) is 31.1 Å². The first-order chi connectivity index (χ1) is 6.93. The van der Waals surface area contributed by atoms with E-state index < -0.39 is 0 Å². The Morgan fingerprint density at radius 3 is 2.27 bits per heavy atom. The lowest BCUT2D eigenvalue weighted by Gasteiger charge is -2.14. The lowest BCUT2D eigenvalue weighted by atomic mass is 10.0. The molecule has 3 nitrogen and oxygen atoms in total. The second kappa shape index (κ2) is 7.69. The number of rotatable bonds is 7. The number of hydrogen-bond donors (Lipinski definition) is 2. The molecule has 15 heavy (non-hydrogen) atoms. The molecule has 0 heterocycles. The van der Waals surface area contributed by atoms with Gasteiger partial charge in [-0.25, -0.2) is 0 Å². The van der Waals surface area contributed by atoms with Crippen molar-refractivity contribution < 1.29 is 4.79 Å². The number of carbonyl (C=O) groups excluding carboxylic acids is 1. The minimum Gasteiger partial charge on any atom is -0.355 e. The van der Waals surface area contributed by atoms with Crippen LogP contribution in [0.15, 0.2) is 0 Å². The normalized spacial score (nSPS) is 13.3. The highest BCUT2D eigenvalue weighted by molar-refractivity contribution is 5.81. The average molecular weight is 214 g/mol. The predicted molar refractivity (Wildman–Crippen MR) is 64.5 cm³/mol. The highest BCUT2D eigenvalue weighted by Crippen LogP contribution is 2.04. The topological polar surface area (TPSA) is 55.1 Å². The Labute approximate surface area is 93.8 Å². The van der Waals surface area contributed by atoms with Crippen LogP contribution in [-0.4, -0.2) is 18.5 Å². The van der Waals surface area contributed by atoms with Crippen LogP contribution in [-0.2, 0) is 4.79 Å². The van der Waals surface area contributed by atoms with Gasteiger partial charge in [0.2, 0.25) is 5.91 Å². The molecule has 0 radical (unpaired) electrons. The van der Waals surface area contributed by atoms with Crippen LogP contribution in [0.25, 0.3) is 0 Å². The fourth-order valence-electron chi connectivity index (χ4n) is 1.47. The molecular formula is C12H26N2O. The van der Waals surface area contributed by atoms with Crippen LogP contribution in [0, 0.1) is 11.8 Å². The summed E-state index contributed by atoms with van der Waals surface area (Å²) in [5.74, 6) is 1.17. The molecule has 0 bridgehead atoms. The Hall–Kier alpha value is -0.570. The molecule has 0 aromatic carbocycles. The van der Waals surface area contributed by atoms with E-state index in [-0.39, 0.29) is 11.9 Å². The van der Waals surface area contributed by atoms with Gasteiger partial charge in [-0.1, -0.05) is 27.7 Å². The first-order valence-electron chi connectivity index (χ1n) is 5.96. The summed E-state index contributed by atoms with van der Waals surface area (Å²) in [5, 5.41) is 2.88. The third kappa shape index (κ3) is 8.43. The van der Waals surface area contributed by atoms with Crippen LogP contribution < -0.4 is 11.1 Å². The van der Waals surface area contributed by atoms with Crippen LogP contribution in [0.2, 0.25) is 0 Å². The van der Waals surface area contributed by atoms with Crippen molar-refractivity contribution in [3.8, 4) is 0 Å². The smallest absolute Gasteiger partial charge is 0.236 e. The summed E-state index contributed by atoms with van der Waals surface area (Å²) >= 11 is 0. The molecular weight excluding hydrogens is 188 g/mol. The largest absolute Gasteiger partial charge is 0.355 e. The Kier molecular flexibility index (Phi) is 7.39. The van der Waals surface area contributed by atoms with Gasteiger partial charge in [0.25, 0.3) is 0 Å². The molecule has 0 aromatic rings. The summed E-state index contributed by atoms with van der Waals surface area (Å²) in [6.45, 7) is 9.28. The molecule has 0 spiro atoms. The summed E-state index contributed by atoms with van der Waals surface area (Å²) in [4.78, 5) is 11.5. The Morgan fingerprint density at radius 1 is 1.20 bits per heavy atom. The number of carbonyl (C=O) groups is 1. The van der Waals surface area contributed by atoms with Gasteiger partial charge in [0.15, 0.2) is 0 Å². The second-order valence-corrected chi connectivity index (χ2v) is 5.06. The third-order valence-electron chi connectivity index (χ3n) is 2.32. The molecule has 0 fully saturated rings. The van der Waals surface area contributed by atoms with E-state index in [1.165, 1.54) is 0 Å². The van der Waals surface area contributed by atoms with Gasteiger partial charge < -0.3 is 11.1 Å². The van der Waals surface area contributed by atoms with Crippen molar-refractivity contribution in [2.45, 2.75) is 53.0 Å². The van der Waals surface area contributed by atoms with Crippen LogP contribution in [0.5, 0.6) is 0 Å². The zero-order valence-corrected chi connectivity index (χ0v) is 10.5. The zero-order chi connectivity index (χ0) is 11.8. The van der Waals surface area contributed by atoms with E-state index in [4.69, 9.17) is 5.73 Å². The Balaban J connectivity index is 3.56. The van der Waals surface area contributed by atoms with Gasteiger partial charge in [0, 0.05) is 6.54 Å². The molecule has 0 aliphatic carbocycles. The van der Waals surface area contributed by atoms with Crippen molar-refractivity contribution in [3.05, 3.63) is 0 Å². The van der Waals surface area contributed by atoms with E-state index in [9.17, 15) is 4.79 Å².